The Hall–Kier alpha value is -1.16. The largest absolute Gasteiger partial charge is 1.00 e. The molecule has 0 aliphatic carbocycles. The maximum Gasteiger partial charge on any atom is 0.333 e. The SMILES string of the molecule is C=C(C)C(=O)OCCCCCCCCCCC[n+]1ccccc1.[Br-]. The summed E-state index contributed by atoms with van der Waals surface area (Å²) in [7, 11) is 0. The van der Waals surface area contributed by atoms with Gasteiger partial charge in [-0.05, 0) is 19.8 Å². The fourth-order valence-corrected chi connectivity index (χ4v) is 2.51. The number of aromatic nitrogens is 1. The number of carbonyl (C=O) groups is 1. The quantitative estimate of drug-likeness (QED) is 0.219. The third-order valence-corrected chi connectivity index (χ3v) is 3.92. The lowest BCUT2D eigenvalue weighted by molar-refractivity contribution is -0.697. The zero-order valence-corrected chi connectivity index (χ0v) is 16.6. The van der Waals surface area contributed by atoms with Crippen LogP contribution in [0.2, 0.25) is 0 Å². The van der Waals surface area contributed by atoms with Crippen LogP contribution >= 0.6 is 0 Å². The van der Waals surface area contributed by atoms with Gasteiger partial charge < -0.3 is 21.7 Å². The summed E-state index contributed by atoms with van der Waals surface area (Å²) in [5.41, 5.74) is 0.482. The van der Waals surface area contributed by atoms with Crippen molar-refractivity contribution in [3.05, 3.63) is 42.7 Å². The lowest BCUT2D eigenvalue weighted by atomic mass is 10.1. The fourth-order valence-electron chi connectivity index (χ4n) is 2.51. The third kappa shape index (κ3) is 12.3. The molecule has 1 rings (SSSR count). The van der Waals surface area contributed by atoms with Crippen LogP contribution in [0, 0.1) is 0 Å². The van der Waals surface area contributed by atoms with Crippen LogP contribution in [0.1, 0.15) is 64.7 Å². The standard InChI is InChI=1S/C20H32NO2.BrH/c1-19(2)20(22)23-18-14-9-7-5-3-4-6-8-11-15-21-16-12-10-13-17-21;/h10,12-13,16-17H,1,3-9,11,14-15,18H2,2H3;1H/q+1;/p-1. The van der Waals surface area contributed by atoms with Crippen molar-refractivity contribution in [2.45, 2.75) is 71.3 Å². The zero-order chi connectivity index (χ0) is 16.8. The van der Waals surface area contributed by atoms with Crippen LogP contribution in [-0.2, 0) is 16.1 Å². The molecule has 0 unspecified atom stereocenters. The first-order valence-electron chi connectivity index (χ1n) is 8.97. The number of aryl methyl sites for hydroxylation is 1. The van der Waals surface area contributed by atoms with Gasteiger partial charge in [0.15, 0.2) is 12.4 Å². The second kappa shape index (κ2) is 15.4. The Labute approximate surface area is 157 Å². The van der Waals surface area contributed by atoms with Gasteiger partial charge in [0.2, 0.25) is 0 Å². The number of esters is 1. The minimum absolute atomic E-state index is 0. The molecule has 3 nitrogen and oxygen atoms in total. The average molecular weight is 398 g/mol. The highest BCUT2D eigenvalue weighted by Gasteiger charge is 2.02. The van der Waals surface area contributed by atoms with Gasteiger partial charge in [-0.15, -0.1) is 0 Å². The Morgan fingerprint density at radius 3 is 1.92 bits per heavy atom. The van der Waals surface area contributed by atoms with E-state index in [-0.39, 0.29) is 23.0 Å². The average Bonchev–Trinajstić information content (AvgIpc) is 2.56. The van der Waals surface area contributed by atoms with Crippen molar-refractivity contribution < 1.29 is 31.1 Å². The summed E-state index contributed by atoms with van der Waals surface area (Å²) in [6.45, 7) is 6.91. The molecule has 1 heterocycles. The van der Waals surface area contributed by atoms with Crippen molar-refractivity contribution in [2.24, 2.45) is 0 Å². The monoisotopic (exact) mass is 397 g/mol. The van der Waals surface area contributed by atoms with Crippen LogP contribution in [0.15, 0.2) is 42.7 Å². The number of halogens is 1. The summed E-state index contributed by atoms with van der Waals surface area (Å²) in [5, 5.41) is 0. The van der Waals surface area contributed by atoms with E-state index in [2.05, 4.69) is 41.7 Å². The summed E-state index contributed by atoms with van der Waals surface area (Å²) >= 11 is 0. The summed E-state index contributed by atoms with van der Waals surface area (Å²) < 4.78 is 7.32. The van der Waals surface area contributed by atoms with Crippen LogP contribution in [0.25, 0.3) is 0 Å². The predicted octanol–water partition coefficient (Wildman–Crippen LogP) is 1.61. The molecule has 0 aliphatic heterocycles. The van der Waals surface area contributed by atoms with Gasteiger partial charge in [-0.1, -0.05) is 51.2 Å². The van der Waals surface area contributed by atoms with Crippen LogP contribution in [0.3, 0.4) is 0 Å². The second-order valence-electron chi connectivity index (χ2n) is 6.21. The predicted molar refractivity (Wildman–Crippen MR) is 94.0 cm³/mol. The lowest BCUT2D eigenvalue weighted by Gasteiger charge is -2.04. The summed E-state index contributed by atoms with van der Waals surface area (Å²) in [4.78, 5) is 11.2. The molecule has 1 aromatic rings. The molecule has 0 atom stereocenters. The van der Waals surface area contributed by atoms with Crippen molar-refractivity contribution >= 4 is 5.97 Å². The van der Waals surface area contributed by atoms with E-state index in [0.717, 1.165) is 19.4 Å². The number of pyridine rings is 1. The number of hydrogen-bond donors (Lipinski definition) is 0. The second-order valence-corrected chi connectivity index (χ2v) is 6.21. The molecule has 0 aromatic carbocycles. The summed E-state index contributed by atoms with van der Waals surface area (Å²) in [5.74, 6) is -0.265. The van der Waals surface area contributed by atoms with E-state index in [9.17, 15) is 4.79 Å². The molecule has 0 saturated heterocycles. The first kappa shape index (κ1) is 22.8. The topological polar surface area (TPSA) is 30.2 Å². The first-order valence-corrected chi connectivity index (χ1v) is 8.97. The molecule has 24 heavy (non-hydrogen) atoms. The van der Waals surface area contributed by atoms with E-state index in [4.69, 9.17) is 4.74 Å². The van der Waals surface area contributed by atoms with Crippen LogP contribution in [0.5, 0.6) is 0 Å². The van der Waals surface area contributed by atoms with Gasteiger partial charge in [0.05, 0.1) is 6.61 Å². The maximum atomic E-state index is 11.2. The maximum absolute atomic E-state index is 11.2. The van der Waals surface area contributed by atoms with Gasteiger partial charge in [0.25, 0.3) is 0 Å². The number of ether oxygens (including phenoxy) is 1. The number of hydrogen-bond acceptors (Lipinski definition) is 2. The van der Waals surface area contributed by atoms with Crippen molar-refractivity contribution in [2.75, 3.05) is 6.61 Å². The van der Waals surface area contributed by atoms with Crippen molar-refractivity contribution in [1.82, 2.24) is 0 Å². The van der Waals surface area contributed by atoms with Crippen molar-refractivity contribution in [3.63, 3.8) is 0 Å². The summed E-state index contributed by atoms with van der Waals surface area (Å²) in [6.07, 6.45) is 15.5. The van der Waals surface area contributed by atoms with E-state index in [0.29, 0.717) is 12.2 Å². The Morgan fingerprint density at radius 1 is 0.875 bits per heavy atom. The number of rotatable bonds is 13. The van der Waals surface area contributed by atoms with Gasteiger partial charge in [0.1, 0.15) is 6.54 Å². The molecule has 0 aliphatic rings. The zero-order valence-electron chi connectivity index (χ0n) is 15.0. The molecule has 0 fully saturated rings. The smallest absolute Gasteiger partial charge is 0.333 e. The molecule has 4 heteroatoms. The minimum Gasteiger partial charge on any atom is -1.00 e. The van der Waals surface area contributed by atoms with Gasteiger partial charge in [0, 0.05) is 24.1 Å². The van der Waals surface area contributed by atoms with Gasteiger partial charge in [-0.2, -0.15) is 0 Å². The molecule has 1 aromatic heterocycles. The molecule has 136 valence electrons. The van der Waals surface area contributed by atoms with Crippen molar-refractivity contribution in [3.8, 4) is 0 Å². The molecule has 0 saturated carbocycles. The first-order chi connectivity index (χ1) is 11.2. The molecular formula is C20H32BrNO2. The molecule has 0 bridgehead atoms. The normalized spacial score (nSPS) is 10.0. The van der Waals surface area contributed by atoms with Gasteiger partial charge in [-0.25, -0.2) is 9.36 Å². The van der Waals surface area contributed by atoms with Crippen LogP contribution < -0.4 is 21.5 Å². The van der Waals surface area contributed by atoms with E-state index >= 15 is 0 Å². The number of carbonyl (C=O) groups excluding carboxylic acids is 1. The Kier molecular flexibility index (Phi) is 14.6. The van der Waals surface area contributed by atoms with E-state index < -0.39 is 0 Å². The molecule has 0 N–H and O–H groups in total. The molecular weight excluding hydrogens is 366 g/mol. The Balaban J connectivity index is 0.00000529. The lowest BCUT2D eigenvalue weighted by Crippen LogP contribution is -3.00. The summed E-state index contributed by atoms with van der Waals surface area (Å²) in [6, 6.07) is 6.22. The van der Waals surface area contributed by atoms with E-state index in [1.54, 1.807) is 6.92 Å². The molecule has 0 radical (unpaired) electrons. The highest BCUT2D eigenvalue weighted by Crippen LogP contribution is 2.10. The third-order valence-electron chi connectivity index (χ3n) is 3.92. The van der Waals surface area contributed by atoms with Crippen molar-refractivity contribution in [1.29, 1.82) is 0 Å². The molecule has 0 amide bonds. The van der Waals surface area contributed by atoms with Crippen LogP contribution in [0.4, 0.5) is 0 Å². The van der Waals surface area contributed by atoms with E-state index in [1.807, 2.05) is 0 Å². The van der Waals surface area contributed by atoms with Gasteiger partial charge in [-0.3, -0.25) is 0 Å². The van der Waals surface area contributed by atoms with Gasteiger partial charge >= 0.3 is 5.97 Å². The minimum atomic E-state index is -0.265. The van der Waals surface area contributed by atoms with Crippen LogP contribution in [-0.4, -0.2) is 12.6 Å². The Morgan fingerprint density at radius 2 is 1.38 bits per heavy atom. The number of unbranched alkanes of at least 4 members (excludes halogenated alkanes) is 8. The highest BCUT2D eigenvalue weighted by atomic mass is 79.9. The molecule has 0 spiro atoms. The van der Waals surface area contributed by atoms with E-state index in [1.165, 1.54) is 44.9 Å². The fraction of sp³-hybridized carbons (Fsp3) is 0.600. The number of nitrogens with zero attached hydrogens (tertiary/aromatic N) is 1. The Bertz CT molecular complexity index is 448. The highest BCUT2D eigenvalue weighted by molar-refractivity contribution is 5.86.